The monoisotopic (exact) mass is 274 g/mol. The van der Waals surface area contributed by atoms with Gasteiger partial charge in [0.25, 0.3) is 0 Å². The van der Waals surface area contributed by atoms with Gasteiger partial charge >= 0.3 is 5.69 Å². The van der Waals surface area contributed by atoms with Crippen LogP contribution in [0.15, 0.2) is 34.2 Å². The average Bonchev–Trinajstić information content (AvgIpc) is 2.78. The van der Waals surface area contributed by atoms with Crippen molar-refractivity contribution in [3.05, 3.63) is 45.9 Å². The normalized spacial score (nSPS) is 10.6. The molecule has 0 unspecified atom stereocenters. The fourth-order valence-electron chi connectivity index (χ4n) is 1.74. The topological polar surface area (TPSA) is 74.5 Å². The number of benzene rings is 1. The predicted molar refractivity (Wildman–Crippen MR) is 74.0 cm³/mol. The lowest BCUT2D eigenvalue weighted by atomic mass is 10.1. The van der Waals surface area contributed by atoms with E-state index in [9.17, 15) is 4.79 Å². The lowest BCUT2D eigenvalue weighted by Gasteiger charge is -2.08. The van der Waals surface area contributed by atoms with E-state index in [2.05, 4.69) is 16.3 Å². The molecule has 1 N–H and O–H groups in total. The van der Waals surface area contributed by atoms with Crippen LogP contribution < -0.4 is 5.69 Å². The molecule has 0 spiro atoms. The molecule has 19 heavy (non-hydrogen) atoms. The van der Waals surface area contributed by atoms with Crippen LogP contribution in [0, 0.1) is 11.3 Å². The average molecular weight is 274 g/mol. The van der Waals surface area contributed by atoms with Crippen molar-refractivity contribution in [2.45, 2.75) is 30.8 Å². The van der Waals surface area contributed by atoms with Gasteiger partial charge in [-0.2, -0.15) is 5.26 Å². The minimum Gasteiger partial charge on any atom is -0.268 e. The van der Waals surface area contributed by atoms with Gasteiger partial charge < -0.3 is 0 Å². The van der Waals surface area contributed by atoms with Crippen molar-refractivity contribution >= 4 is 11.8 Å². The highest BCUT2D eigenvalue weighted by Gasteiger charge is 2.12. The molecule has 0 bridgehead atoms. The van der Waals surface area contributed by atoms with Gasteiger partial charge in [-0.3, -0.25) is 4.57 Å². The van der Waals surface area contributed by atoms with E-state index in [-0.39, 0.29) is 11.7 Å². The summed E-state index contributed by atoms with van der Waals surface area (Å²) >= 11 is 1.45. The first-order chi connectivity index (χ1) is 9.13. The number of nitriles is 1. The number of hydrogen-bond donors (Lipinski definition) is 1. The summed E-state index contributed by atoms with van der Waals surface area (Å²) in [6.45, 7) is 3.87. The minimum atomic E-state index is -0.203. The molecule has 0 radical (unpaired) electrons. The van der Waals surface area contributed by atoms with E-state index in [4.69, 9.17) is 5.26 Å². The van der Waals surface area contributed by atoms with Gasteiger partial charge in [0, 0.05) is 11.8 Å². The Hall–Kier alpha value is -2.00. The molecule has 0 atom stereocenters. The number of nitrogens with zero attached hydrogens (tertiary/aromatic N) is 3. The van der Waals surface area contributed by atoms with Crippen molar-refractivity contribution in [2.75, 3.05) is 0 Å². The number of H-pyrrole nitrogens is 1. The Kier molecular flexibility index (Phi) is 4.07. The molecule has 0 saturated heterocycles. The first kappa shape index (κ1) is 13.4. The molecule has 2 aromatic rings. The molecule has 1 aromatic heterocycles. The molecule has 0 fully saturated rings. The van der Waals surface area contributed by atoms with Gasteiger partial charge in [0.1, 0.15) is 0 Å². The summed E-state index contributed by atoms with van der Waals surface area (Å²) in [5.74, 6) is 0.612. The van der Waals surface area contributed by atoms with Crippen LogP contribution in [0.2, 0.25) is 0 Å². The van der Waals surface area contributed by atoms with Crippen molar-refractivity contribution in [1.82, 2.24) is 14.8 Å². The third-order valence-electron chi connectivity index (χ3n) is 2.68. The molecule has 0 aliphatic rings. The van der Waals surface area contributed by atoms with Crippen LogP contribution in [0.1, 0.15) is 31.0 Å². The number of aromatic nitrogens is 3. The summed E-state index contributed by atoms with van der Waals surface area (Å²) in [5, 5.41) is 16.1. The Morgan fingerprint density at radius 1 is 1.47 bits per heavy atom. The quantitative estimate of drug-likeness (QED) is 0.868. The lowest BCUT2D eigenvalue weighted by Crippen LogP contribution is -2.19. The SMILES string of the molecule is CC(C)n1c(SCc2ccccc2C#N)n[nH]c1=O. The Bertz CT molecular complexity index is 666. The van der Waals surface area contributed by atoms with Gasteiger partial charge in [-0.05, 0) is 25.5 Å². The van der Waals surface area contributed by atoms with Crippen molar-refractivity contribution < 1.29 is 0 Å². The van der Waals surface area contributed by atoms with Crippen LogP contribution >= 0.6 is 11.8 Å². The van der Waals surface area contributed by atoms with E-state index in [1.807, 2.05) is 32.0 Å². The van der Waals surface area contributed by atoms with Gasteiger partial charge in [-0.25, -0.2) is 9.89 Å². The van der Waals surface area contributed by atoms with E-state index in [1.54, 1.807) is 10.6 Å². The smallest absolute Gasteiger partial charge is 0.268 e. The van der Waals surface area contributed by atoms with Crippen LogP contribution in [0.25, 0.3) is 0 Å². The Labute approximate surface area is 115 Å². The van der Waals surface area contributed by atoms with Crippen molar-refractivity contribution in [3.63, 3.8) is 0 Å². The highest BCUT2D eigenvalue weighted by molar-refractivity contribution is 7.98. The number of aromatic amines is 1. The zero-order valence-electron chi connectivity index (χ0n) is 10.8. The largest absolute Gasteiger partial charge is 0.344 e. The molecule has 0 aliphatic heterocycles. The molecule has 98 valence electrons. The number of hydrogen-bond acceptors (Lipinski definition) is 4. The highest BCUT2D eigenvalue weighted by Crippen LogP contribution is 2.23. The third kappa shape index (κ3) is 2.88. The van der Waals surface area contributed by atoms with Crippen LogP contribution in [0.5, 0.6) is 0 Å². The number of rotatable bonds is 4. The molecular weight excluding hydrogens is 260 g/mol. The molecule has 0 amide bonds. The maximum atomic E-state index is 11.6. The minimum absolute atomic E-state index is 0.0555. The van der Waals surface area contributed by atoms with Gasteiger partial charge in [0.15, 0.2) is 5.16 Å². The summed E-state index contributed by atoms with van der Waals surface area (Å²) in [7, 11) is 0. The predicted octanol–water partition coefficient (Wildman–Crippen LogP) is 2.32. The second-order valence-electron chi connectivity index (χ2n) is 4.33. The van der Waals surface area contributed by atoms with Crippen LogP contribution in [-0.2, 0) is 5.75 Å². The van der Waals surface area contributed by atoms with Gasteiger partial charge in [-0.15, -0.1) is 5.10 Å². The molecular formula is C13H14N4OS. The Morgan fingerprint density at radius 2 is 2.21 bits per heavy atom. The second kappa shape index (κ2) is 5.76. The first-order valence-electron chi connectivity index (χ1n) is 5.91. The Balaban J connectivity index is 2.20. The maximum absolute atomic E-state index is 11.6. The van der Waals surface area contributed by atoms with E-state index < -0.39 is 0 Å². The molecule has 0 saturated carbocycles. The number of thioether (sulfide) groups is 1. The third-order valence-corrected chi connectivity index (χ3v) is 3.68. The molecule has 1 aromatic carbocycles. The van der Waals surface area contributed by atoms with Crippen LogP contribution in [0.4, 0.5) is 0 Å². The lowest BCUT2D eigenvalue weighted by molar-refractivity contribution is 0.534. The van der Waals surface area contributed by atoms with Gasteiger partial charge in [0.2, 0.25) is 0 Å². The van der Waals surface area contributed by atoms with E-state index in [1.165, 1.54) is 11.8 Å². The standard InChI is InChI=1S/C13H14N4OS/c1-9(2)17-12(18)15-16-13(17)19-8-11-6-4-3-5-10(11)7-14/h3-6,9H,8H2,1-2H3,(H,15,18). The fraction of sp³-hybridized carbons (Fsp3) is 0.308. The maximum Gasteiger partial charge on any atom is 0.344 e. The zero-order chi connectivity index (χ0) is 13.8. The van der Waals surface area contributed by atoms with Crippen molar-refractivity contribution in [3.8, 4) is 6.07 Å². The zero-order valence-corrected chi connectivity index (χ0v) is 11.6. The summed E-state index contributed by atoms with van der Waals surface area (Å²) in [6, 6.07) is 9.66. The summed E-state index contributed by atoms with van der Waals surface area (Å²) in [5.41, 5.74) is 1.40. The van der Waals surface area contributed by atoms with Crippen LogP contribution in [-0.4, -0.2) is 14.8 Å². The highest BCUT2D eigenvalue weighted by atomic mass is 32.2. The molecule has 5 nitrogen and oxygen atoms in total. The molecule has 1 heterocycles. The van der Waals surface area contributed by atoms with E-state index in [0.29, 0.717) is 16.5 Å². The van der Waals surface area contributed by atoms with E-state index >= 15 is 0 Å². The molecule has 2 rings (SSSR count). The summed E-state index contributed by atoms with van der Waals surface area (Å²) in [4.78, 5) is 11.6. The second-order valence-corrected chi connectivity index (χ2v) is 5.28. The van der Waals surface area contributed by atoms with E-state index in [0.717, 1.165) is 5.56 Å². The van der Waals surface area contributed by atoms with Gasteiger partial charge in [0.05, 0.1) is 11.6 Å². The van der Waals surface area contributed by atoms with Crippen molar-refractivity contribution in [1.29, 1.82) is 5.26 Å². The number of nitrogens with one attached hydrogen (secondary N) is 1. The van der Waals surface area contributed by atoms with Gasteiger partial charge in [-0.1, -0.05) is 30.0 Å². The molecule has 6 heteroatoms. The summed E-state index contributed by atoms with van der Waals surface area (Å²) < 4.78 is 1.61. The van der Waals surface area contributed by atoms with Crippen LogP contribution in [0.3, 0.4) is 0 Å². The van der Waals surface area contributed by atoms with Crippen molar-refractivity contribution in [2.24, 2.45) is 0 Å². The molecule has 0 aliphatic carbocycles. The summed E-state index contributed by atoms with van der Waals surface area (Å²) in [6.07, 6.45) is 0. The fourth-order valence-corrected chi connectivity index (χ4v) is 2.82. The first-order valence-corrected chi connectivity index (χ1v) is 6.89. The Morgan fingerprint density at radius 3 is 2.89 bits per heavy atom.